The van der Waals surface area contributed by atoms with Crippen LogP contribution in [0.25, 0.3) is 0 Å². The van der Waals surface area contributed by atoms with Crippen LogP contribution in [0.15, 0.2) is 24.3 Å². The first kappa shape index (κ1) is 13.9. The van der Waals surface area contributed by atoms with Crippen molar-refractivity contribution in [2.24, 2.45) is 5.92 Å². The average molecular weight is 206 g/mol. The van der Waals surface area contributed by atoms with Crippen molar-refractivity contribution in [3.8, 4) is 0 Å². The highest BCUT2D eigenvalue weighted by molar-refractivity contribution is 5.75. The van der Waals surface area contributed by atoms with Crippen molar-refractivity contribution in [3.63, 3.8) is 0 Å². The first-order valence-electron chi connectivity index (χ1n) is 5.45. The average Bonchev–Trinajstić information content (AvgIpc) is 2.08. The minimum atomic E-state index is 0.287. The van der Waals surface area contributed by atoms with Crippen molar-refractivity contribution in [1.29, 1.82) is 0 Å². The lowest BCUT2D eigenvalue weighted by Gasteiger charge is -1.95. The second-order valence-corrected chi connectivity index (χ2v) is 4.38. The number of rotatable bonds is 2. The van der Waals surface area contributed by atoms with Crippen molar-refractivity contribution < 1.29 is 4.79 Å². The molecule has 0 fully saturated rings. The molecule has 0 saturated carbocycles. The van der Waals surface area contributed by atoms with Gasteiger partial charge in [0.05, 0.1) is 0 Å². The monoisotopic (exact) mass is 206 g/mol. The molecule has 0 unspecified atom stereocenters. The molecule has 1 aromatic rings. The van der Waals surface area contributed by atoms with Crippen molar-refractivity contribution in [1.82, 2.24) is 0 Å². The van der Waals surface area contributed by atoms with E-state index in [0.717, 1.165) is 6.42 Å². The Kier molecular flexibility index (Phi) is 6.68. The molecule has 0 radical (unpaired) electrons. The van der Waals surface area contributed by atoms with Crippen molar-refractivity contribution in [2.75, 3.05) is 0 Å². The van der Waals surface area contributed by atoms with E-state index in [-0.39, 0.29) is 5.78 Å². The number of hydrogen-bond acceptors (Lipinski definition) is 1. The third-order valence-electron chi connectivity index (χ3n) is 2.12. The number of ketones is 1. The van der Waals surface area contributed by atoms with Gasteiger partial charge < -0.3 is 4.79 Å². The zero-order chi connectivity index (χ0) is 11.8. The summed E-state index contributed by atoms with van der Waals surface area (Å²) >= 11 is 0. The lowest BCUT2D eigenvalue weighted by molar-refractivity contribution is -0.117. The molecule has 0 aliphatic heterocycles. The van der Waals surface area contributed by atoms with Gasteiger partial charge in [0.25, 0.3) is 0 Å². The number of benzene rings is 1. The first-order valence-corrected chi connectivity index (χ1v) is 5.45. The van der Waals surface area contributed by atoms with Crippen LogP contribution >= 0.6 is 0 Å². The van der Waals surface area contributed by atoms with E-state index in [1.54, 1.807) is 6.92 Å². The minimum Gasteiger partial charge on any atom is -0.300 e. The topological polar surface area (TPSA) is 17.1 Å². The number of aryl methyl sites for hydroxylation is 2. The smallest absolute Gasteiger partial charge is 0.130 e. The van der Waals surface area contributed by atoms with Crippen molar-refractivity contribution >= 4 is 5.78 Å². The molecule has 1 heteroatoms. The molecule has 1 aromatic carbocycles. The first-order chi connectivity index (χ1) is 6.93. The fraction of sp³-hybridized carbons (Fsp3) is 0.500. The molecule has 0 saturated heterocycles. The van der Waals surface area contributed by atoms with Gasteiger partial charge in [0.2, 0.25) is 0 Å². The lowest BCUT2D eigenvalue weighted by Crippen LogP contribution is -1.95. The highest BCUT2D eigenvalue weighted by atomic mass is 16.1. The largest absolute Gasteiger partial charge is 0.300 e. The Bertz CT molecular complexity index is 279. The molecule has 1 rings (SSSR count). The highest BCUT2D eigenvalue weighted by Crippen LogP contribution is 2.02. The van der Waals surface area contributed by atoms with Crippen LogP contribution in [0.3, 0.4) is 0 Å². The van der Waals surface area contributed by atoms with E-state index in [1.165, 1.54) is 11.1 Å². The molecular weight excluding hydrogens is 184 g/mol. The van der Waals surface area contributed by atoms with Crippen molar-refractivity contribution in [3.05, 3.63) is 35.4 Å². The molecule has 84 valence electrons. The number of Topliss-reactive ketones (excluding diaryl/α,β-unsaturated/α-hetero) is 1. The standard InChI is InChI=1S/C8H10.C6H12O/c1-7-5-3-4-6-8(7)2;1-5(2)4-6(3)7/h3-6H,1-2H3;5H,4H2,1-3H3. The Balaban J connectivity index is 0.000000265. The maximum Gasteiger partial charge on any atom is 0.130 e. The molecule has 0 heterocycles. The molecule has 0 aromatic heterocycles. The van der Waals surface area contributed by atoms with E-state index in [4.69, 9.17) is 0 Å². The van der Waals surface area contributed by atoms with E-state index in [0.29, 0.717) is 5.92 Å². The Morgan fingerprint density at radius 1 is 1.13 bits per heavy atom. The van der Waals surface area contributed by atoms with Gasteiger partial charge >= 0.3 is 0 Å². The molecule has 0 spiro atoms. The van der Waals surface area contributed by atoms with Crippen LogP contribution in [-0.2, 0) is 4.79 Å². The SMILES string of the molecule is CC(=O)CC(C)C.Cc1ccccc1C. The second kappa shape index (κ2) is 7.22. The van der Waals surface area contributed by atoms with Gasteiger partial charge in [-0.25, -0.2) is 0 Å². The normalized spacial score (nSPS) is 9.47. The maximum absolute atomic E-state index is 10.3. The fourth-order valence-electron chi connectivity index (χ4n) is 1.24. The molecule has 0 aliphatic rings. The zero-order valence-corrected chi connectivity index (χ0v) is 10.5. The molecule has 0 aliphatic carbocycles. The quantitative estimate of drug-likeness (QED) is 0.716. The van der Waals surface area contributed by atoms with Gasteiger partial charge in [-0.2, -0.15) is 0 Å². The third kappa shape index (κ3) is 7.92. The Morgan fingerprint density at radius 3 is 1.67 bits per heavy atom. The van der Waals surface area contributed by atoms with E-state index in [9.17, 15) is 4.79 Å². The van der Waals surface area contributed by atoms with Gasteiger partial charge in [0.1, 0.15) is 5.78 Å². The van der Waals surface area contributed by atoms with Crippen LogP contribution in [0.4, 0.5) is 0 Å². The van der Waals surface area contributed by atoms with E-state index in [2.05, 4.69) is 38.1 Å². The van der Waals surface area contributed by atoms with E-state index < -0.39 is 0 Å². The Labute approximate surface area is 93.5 Å². The third-order valence-corrected chi connectivity index (χ3v) is 2.12. The Morgan fingerprint density at radius 2 is 1.53 bits per heavy atom. The zero-order valence-electron chi connectivity index (χ0n) is 10.5. The summed E-state index contributed by atoms with van der Waals surface area (Å²) in [4.78, 5) is 10.3. The lowest BCUT2D eigenvalue weighted by atomic mass is 10.1. The van der Waals surface area contributed by atoms with Crippen LogP contribution in [0.2, 0.25) is 0 Å². The molecular formula is C14H22O. The summed E-state index contributed by atoms with van der Waals surface area (Å²) < 4.78 is 0. The van der Waals surface area contributed by atoms with E-state index in [1.807, 2.05) is 13.8 Å². The molecule has 0 atom stereocenters. The maximum atomic E-state index is 10.3. The summed E-state index contributed by atoms with van der Waals surface area (Å²) in [5.41, 5.74) is 2.74. The van der Waals surface area contributed by atoms with Gasteiger partial charge in [-0.3, -0.25) is 0 Å². The van der Waals surface area contributed by atoms with Gasteiger partial charge in [0, 0.05) is 6.42 Å². The summed E-state index contributed by atoms with van der Waals surface area (Å²) in [7, 11) is 0. The summed E-state index contributed by atoms with van der Waals surface area (Å²) in [6.45, 7) is 9.95. The molecule has 15 heavy (non-hydrogen) atoms. The summed E-state index contributed by atoms with van der Waals surface area (Å²) in [6, 6.07) is 8.36. The number of carbonyl (C=O) groups excluding carboxylic acids is 1. The van der Waals surface area contributed by atoms with Crippen LogP contribution < -0.4 is 0 Å². The predicted octanol–water partition coefficient (Wildman–Crippen LogP) is 3.92. The second-order valence-electron chi connectivity index (χ2n) is 4.38. The summed E-state index contributed by atoms with van der Waals surface area (Å²) in [6.07, 6.45) is 0.722. The summed E-state index contributed by atoms with van der Waals surface area (Å²) in [5.74, 6) is 0.813. The van der Waals surface area contributed by atoms with Crippen LogP contribution in [0.1, 0.15) is 38.3 Å². The highest BCUT2D eigenvalue weighted by Gasteiger charge is 1.95. The van der Waals surface area contributed by atoms with Crippen LogP contribution in [0.5, 0.6) is 0 Å². The minimum absolute atomic E-state index is 0.287. The van der Waals surface area contributed by atoms with Crippen LogP contribution in [-0.4, -0.2) is 5.78 Å². The molecule has 1 nitrogen and oxygen atoms in total. The molecule has 0 bridgehead atoms. The van der Waals surface area contributed by atoms with Gasteiger partial charge in [-0.05, 0) is 37.8 Å². The fourth-order valence-corrected chi connectivity index (χ4v) is 1.24. The van der Waals surface area contributed by atoms with E-state index >= 15 is 0 Å². The number of hydrogen-bond donors (Lipinski definition) is 0. The molecule has 0 N–H and O–H groups in total. The van der Waals surface area contributed by atoms with Gasteiger partial charge in [-0.15, -0.1) is 0 Å². The Hall–Kier alpha value is -1.11. The van der Waals surface area contributed by atoms with Gasteiger partial charge in [0.15, 0.2) is 0 Å². The predicted molar refractivity (Wildman–Crippen MR) is 66.1 cm³/mol. The van der Waals surface area contributed by atoms with Crippen molar-refractivity contribution in [2.45, 2.75) is 41.0 Å². The number of carbonyl (C=O) groups is 1. The molecule has 0 amide bonds. The van der Waals surface area contributed by atoms with Gasteiger partial charge in [-0.1, -0.05) is 38.1 Å². The van der Waals surface area contributed by atoms with Crippen LogP contribution in [0, 0.1) is 19.8 Å². The summed E-state index contributed by atoms with van der Waals surface area (Å²) in [5, 5.41) is 0.